The number of hydrogen-bond donors (Lipinski definition) is 0. The van der Waals surface area contributed by atoms with Crippen LogP contribution >= 0.6 is 0 Å². The lowest BCUT2D eigenvalue weighted by Gasteiger charge is -2.20. The summed E-state index contributed by atoms with van der Waals surface area (Å²) in [7, 11) is 3.22. The van der Waals surface area contributed by atoms with E-state index in [-0.39, 0.29) is 17.4 Å². The third-order valence-electron chi connectivity index (χ3n) is 4.66. The molecule has 0 aromatic heterocycles. The maximum atomic E-state index is 12.0. The Kier molecular flexibility index (Phi) is 9.97. The number of rotatable bonds is 12. The number of hydrazine groups is 1. The Hall–Kier alpha value is -1.78. The van der Waals surface area contributed by atoms with Crippen LogP contribution in [0.15, 0.2) is 23.9 Å². The number of amides is 2. The minimum absolute atomic E-state index is 0.234. The normalized spacial score (nSPS) is 15.0. The highest BCUT2D eigenvalue weighted by Gasteiger charge is 2.35. The van der Waals surface area contributed by atoms with Gasteiger partial charge in [-0.15, -0.1) is 0 Å². The molecule has 1 rings (SSSR count). The molecule has 5 nitrogen and oxygen atoms in total. The van der Waals surface area contributed by atoms with Gasteiger partial charge in [0.05, 0.1) is 0 Å². The third-order valence-corrected chi connectivity index (χ3v) is 4.66. The monoisotopic (exact) mass is 349 g/mol. The van der Waals surface area contributed by atoms with Crippen LogP contribution in [0.4, 0.5) is 0 Å². The summed E-state index contributed by atoms with van der Waals surface area (Å²) in [5.74, 6) is -0.482. The highest BCUT2D eigenvalue weighted by atomic mass is 16.2. The molecule has 1 saturated heterocycles. The number of carbonyl (C=O) groups is 2. The van der Waals surface area contributed by atoms with Crippen LogP contribution in [0.5, 0.6) is 0 Å². The Morgan fingerprint density at radius 1 is 0.800 bits per heavy atom. The van der Waals surface area contributed by atoms with Crippen molar-refractivity contribution >= 4 is 11.8 Å². The number of allylic oxidation sites excluding steroid dienone is 2. The predicted octanol–water partition coefficient (Wildman–Crippen LogP) is 3.73. The summed E-state index contributed by atoms with van der Waals surface area (Å²) in [6, 6.07) is 0. The minimum atomic E-state index is -0.241. The lowest BCUT2D eigenvalue weighted by molar-refractivity contribution is -0.141. The van der Waals surface area contributed by atoms with Gasteiger partial charge in [0.25, 0.3) is 11.8 Å². The van der Waals surface area contributed by atoms with E-state index in [2.05, 4.69) is 18.7 Å². The lowest BCUT2D eigenvalue weighted by atomic mass is 10.1. The van der Waals surface area contributed by atoms with Crippen molar-refractivity contribution in [3.05, 3.63) is 23.9 Å². The second-order valence-electron chi connectivity index (χ2n) is 6.74. The van der Waals surface area contributed by atoms with Crippen LogP contribution in [-0.2, 0) is 9.59 Å². The fourth-order valence-corrected chi connectivity index (χ4v) is 2.86. The van der Waals surface area contributed by atoms with E-state index >= 15 is 0 Å². The van der Waals surface area contributed by atoms with Crippen molar-refractivity contribution in [1.29, 1.82) is 0 Å². The van der Waals surface area contributed by atoms with Crippen molar-refractivity contribution in [2.24, 2.45) is 0 Å². The zero-order valence-corrected chi connectivity index (χ0v) is 16.5. The number of hydrogen-bond acceptors (Lipinski definition) is 3. The third kappa shape index (κ3) is 6.92. The molecule has 1 fully saturated rings. The molecule has 142 valence electrons. The molecule has 1 aliphatic rings. The van der Waals surface area contributed by atoms with E-state index in [0.717, 1.165) is 13.1 Å². The average molecular weight is 350 g/mol. The molecule has 0 saturated carbocycles. The van der Waals surface area contributed by atoms with Gasteiger partial charge in [-0.1, -0.05) is 52.4 Å². The Morgan fingerprint density at radius 2 is 1.28 bits per heavy atom. The molecule has 0 aromatic carbocycles. The molecule has 0 aliphatic carbocycles. The lowest BCUT2D eigenvalue weighted by Crippen LogP contribution is -2.33. The molecule has 0 atom stereocenters. The Labute approximate surface area is 153 Å². The number of unbranched alkanes of at least 4 members (excludes halogenated alkanes) is 6. The first-order valence-electron chi connectivity index (χ1n) is 9.71. The Morgan fingerprint density at radius 3 is 1.72 bits per heavy atom. The predicted molar refractivity (Wildman–Crippen MR) is 103 cm³/mol. The Bertz CT molecular complexity index is 451. The van der Waals surface area contributed by atoms with Gasteiger partial charge in [0.2, 0.25) is 0 Å². The van der Waals surface area contributed by atoms with Gasteiger partial charge in [0.1, 0.15) is 5.57 Å². The van der Waals surface area contributed by atoms with E-state index in [1.165, 1.54) is 61.4 Å². The van der Waals surface area contributed by atoms with Crippen molar-refractivity contribution < 1.29 is 9.59 Å². The van der Waals surface area contributed by atoms with Gasteiger partial charge in [-0.25, -0.2) is 0 Å². The van der Waals surface area contributed by atoms with Crippen LogP contribution < -0.4 is 0 Å². The molecule has 0 aromatic rings. The molecule has 0 N–H and O–H groups in total. The van der Waals surface area contributed by atoms with E-state index in [4.69, 9.17) is 0 Å². The van der Waals surface area contributed by atoms with Crippen LogP contribution in [-0.4, -0.2) is 53.9 Å². The van der Waals surface area contributed by atoms with Crippen molar-refractivity contribution in [1.82, 2.24) is 14.9 Å². The first kappa shape index (κ1) is 21.3. The number of nitrogens with zero attached hydrogens (tertiary/aromatic N) is 3. The molecule has 1 heterocycles. The average Bonchev–Trinajstić information content (AvgIpc) is 2.79. The van der Waals surface area contributed by atoms with Gasteiger partial charge >= 0.3 is 0 Å². The molecule has 0 bridgehead atoms. The topological polar surface area (TPSA) is 43.9 Å². The molecule has 5 heteroatoms. The smallest absolute Gasteiger partial charge is 0.277 e. The van der Waals surface area contributed by atoms with E-state index in [0.29, 0.717) is 0 Å². The summed E-state index contributed by atoms with van der Waals surface area (Å²) in [5, 5.41) is 2.69. The summed E-state index contributed by atoms with van der Waals surface area (Å²) < 4.78 is 0. The van der Waals surface area contributed by atoms with Crippen LogP contribution in [0.25, 0.3) is 0 Å². The first-order chi connectivity index (χ1) is 12.0. The second-order valence-corrected chi connectivity index (χ2v) is 6.74. The van der Waals surface area contributed by atoms with Crippen molar-refractivity contribution in [2.75, 3.05) is 27.2 Å². The van der Waals surface area contributed by atoms with Gasteiger partial charge in [0.15, 0.2) is 0 Å². The van der Waals surface area contributed by atoms with E-state index < -0.39 is 0 Å². The highest BCUT2D eigenvalue weighted by molar-refractivity contribution is 6.22. The molecule has 2 amide bonds. The largest absolute Gasteiger partial charge is 0.377 e. The molecule has 1 aliphatic heterocycles. The summed E-state index contributed by atoms with van der Waals surface area (Å²) in [6.45, 7) is 6.51. The quantitative estimate of drug-likeness (QED) is 0.306. The van der Waals surface area contributed by atoms with Gasteiger partial charge in [-0.05, 0) is 31.2 Å². The summed E-state index contributed by atoms with van der Waals surface area (Å²) >= 11 is 0. The van der Waals surface area contributed by atoms with Gasteiger partial charge in [-0.3, -0.25) is 19.6 Å². The van der Waals surface area contributed by atoms with E-state index in [1.54, 1.807) is 20.2 Å². The zero-order chi connectivity index (χ0) is 18.7. The fraction of sp³-hybridized carbons (Fsp3) is 0.700. The number of likely N-dealkylation sites (N-methyl/N-ethyl adjacent to an activating group) is 2. The van der Waals surface area contributed by atoms with E-state index in [9.17, 15) is 9.59 Å². The molecule has 0 spiro atoms. The van der Waals surface area contributed by atoms with E-state index in [1.807, 2.05) is 12.3 Å². The standard InChI is InChI=1S/C20H35N3O2/c1-5-7-9-11-15-23(16-12-10-8-6-2)17-13-14-18-19(24)21(3)22(4)20(18)25/h13-14,17H,5-12,15-16H2,1-4H3/b17-13+. The molecule has 0 unspecified atom stereocenters. The molecular weight excluding hydrogens is 314 g/mol. The minimum Gasteiger partial charge on any atom is -0.377 e. The molecule has 0 radical (unpaired) electrons. The fourth-order valence-electron chi connectivity index (χ4n) is 2.86. The zero-order valence-electron chi connectivity index (χ0n) is 16.5. The van der Waals surface area contributed by atoms with Crippen LogP contribution in [0.3, 0.4) is 0 Å². The van der Waals surface area contributed by atoms with Crippen LogP contribution in [0.1, 0.15) is 65.2 Å². The summed E-state index contributed by atoms with van der Waals surface area (Å²) in [4.78, 5) is 26.4. The van der Waals surface area contributed by atoms with Gasteiger partial charge < -0.3 is 4.90 Å². The molecule has 25 heavy (non-hydrogen) atoms. The van der Waals surface area contributed by atoms with Crippen molar-refractivity contribution in [3.63, 3.8) is 0 Å². The molecular formula is C20H35N3O2. The Balaban J connectivity index is 2.61. The maximum Gasteiger partial charge on any atom is 0.277 e. The maximum absolute atomic E-state index is 12.0. The SMILES string of the molecule is CCCCCCN(/C=C/C=C1C(=O)N(C)N(C)C1=O)CCCCCC. The number of carbonyl (C=O) groups excluding carboxylic acids is 2. The first-order valence-corrected chi connectivity index (χ1v) is 9.71. The summed E-state index contributed by atoms with van der Waals surface area (Å²) in [6.07, 6.45) is 15.4. The van der Waals surface area contributed by atoms with Crippen LogP contribution in [0.2, 0.25) is 0 Å². The second kappa shape index (κ2) is 11.7. The highest BCUT2D eigenvalue weighted by Crippen LogP contribution is 2.15. The van der Waals surface area contributed by atoms with Gasteiger partial charge in [-0.2, -0.15) is 0 Å². The van der Waals surface area contributed by atoms with Crippen LogP contribution in [0, 0.1) is 0 Å². The van der Waals surface area contributed by atoms with Crippen molar-refractivity contribution in [2.45, 2.75) is 65.2 Å². The summed E-state index contributed by atoms with van der Waals surface area (Å²) in [5.41, 5.74) is 0.234. The van der Waals surface area contributed by atoms with Gasteiger partial charge in [0, 0.05) is 27.2 Å². The van der Waals surface area contributed by atoms with Crippen molar-refractivity contribution in [3.8, 4) is 0 Å².